The number of benzene rings is 2. The summed E-state index contributed by atoms with van der Waals surface area (Å²) in [6.07, 6.45) is 4.25. The maximum Gasteiger partial charge on any atom is 0.267 e. The summed E-state index contributed by atoms with van der Waals surface area (Å²) in [5.41, 5.74) is 5.47. The second kappa shape index (κ2) is 9.61. The van der Waals surface area contributed by atoms with Gasteiger partial charge in [-0.05, 0) is 48.2 Å². The highest BCUT2D eigenvalue weighted by Gasteiger charge is 2.33. The summed E-state index contributed by atoms with van der Waals surface area (Å²) in [5.74, 6) is 0.401. The quantitative estimate of drug-likeness (QED) is 0.278. The van der Waals surface area contributed by atoms with Crippen molar-refractivity contribution in [2.45, 2.75) is 26.4 Å². The molecule has 1 fully saturated rings. The zero-order valence-corrected chi connectivity index (χ0v) is 21.9. The Bertz CT molecular complexity index is 1640. The van der Waals surface area contributed by atoms with E-state index >= 15 is 0 Å². The van der Waals surface area contributed by atoms with Crippen molar-refractivity contribution in [3.63, 3.8) is 0 Å². The molecule has 0 bridgehead atoms. The van der Waals surface area contributed by atoms with E-state index in [4.69, 9.17) is 17.2 Å². The summed E-state index contributed by atoms with van der Waals surface area (Å²) in [6.45, 7) is 3.82. The number of carbonyl (C=O) groups is 1. The van der Waals surface area contributed by atoms with E-state index in [0.717, 1.165) is 24.1 Å². The van der Waals surface area contributed by atoms with Gasteiger partial charge in [0.2, 0.25) is 0 Å². The van der Waals surface area contributed by atoms with Crippen LogP contribution in [-0.4, -0.2) is 31.1 Å². The van der Waals surface area contributed by atoms with E-state index in [0.29, 0.717) is 39.3 Å². The van der Waals surface area contributed by atoms with E-state index < -0.39 is 0 Å². The van der Waals surface area contributed by atoms with Gasteiger partial charge in [0, 0.05) is 19.3 Å². The van der Waals surface area contributed by atoms with Gasteiger partial charge in [-0.3, -0.25) is 18.9 Å². The van der Waals surface area contributed by atoms with Gasteiger partial charge in [-0.15, -0.1) is 0 Å². The van der Waals surface area contributed by atoms with E-state index in [-0.39, 0.29) is 11.5 Å². The average molecular weight is 525 g/mol. The third-order valence-electron chi connectivity index (χ3n) is 6.79. The van der Waals surface area contributed by atoms with Crippen LogP contribution in [0.2, 0.25) is 0 Å². The number of nitrogens with zero attached hydrogens (tertiary/aromatic N) is 4. The van der Waals surface area contributed by atoms with Gasteiger partial charge >= 0.3 is 0 Å². The molecule has 6 rings (SSSR count). The molecule has 0 aliphatic carbocycles. The second-order valence-electron chi connectivity index (χ2n) is 9.28. The standard InChI is InChI=1S/C29H24N4O2S2/c1-19-9-11-20(12-10-19)17-33-28(35)24(37-29(33)36)16-23-26(30-25-8-4-5-14-32(25)27(23)34)31-15-13-21-6-2-3-7-22(21)18-31/h2-12,14,16H,13,15,17-18H2,1H3. The number of aryl methyl sites for hydroxylation is 1. The minimum atomic E-state index is -0.205. The lowest BCUT2D eigenvalue weighted by molar-refractivity contribution is -0.122. The first-order valence-corrected chi connectivity index (χ1v) is 13.3. The first kappa shape index (κ1) is 23.6. The van der Waals surface area contributed by atoms with Crippen LogP contribution in [0.25, 0.3) is 11.7 Å². The molecule has 1 saturated heterocycles. The molecule has 0 N–H and O–H groups in total. The lowest BCUT2D eigenvalue weighted by atomic mass is 9.99. The van der Waals surface area contributed by atoms with Crippen LogP contribution in [0.4, 0.5) is 5.82 Å². The highest BCUT2D eigenvalue weighted by Crippen LogP contribution is 2.35. The summed E-state index contributed by atoms with van der Waals surface area (Å²) < 4.78 is 2.01. The lowest BCUT2D eigenvalue weighted by Gasteiger charge is -2.30. The second-order valence-corrected chi connectivity index (χ2v) is 11.0. The number of pyridine rings is 1. The van der Waals surface area contributed by atoms with Crippen LogP contribution in [0.3, 0.4) is 0 Å². The third-order valence-corrected chi connectivity index (χ3v) is 8.17. The van der Waals surface area contributed by atoms with Crippen LogP contribution in [0.5, 0.6) is 0 Å². The number of hydrogen-bond acceptors (Lipinski definition) is 6. The molecule has 2 aromatic heterocycles. The normalized spacial score (nSPS) is 16.6. The number of thiocarbonyl (C=S) groups is 1. The number of thioether (sulfide) groups is 1. The fourth-order valence-electron chi connectivity index (χ4n) is 4.78. The van der Waals surface area contributed by atoms with E-state index in [1.807, 2.05) is 49.4 Å². The molecular formula is C29H24N4O2S2. The van der Waals surface area contributed by atoms with Gasteiger partial charge in [-0.1, -0.05) is 84.1 Å². The fourth-order valence-corrected chi connectivity index (χ4v) is 6.02. The van der Waals surface area contributed by atoms with E-state index in [1.165, 1.54) is 27.3 Å². The Morgan fingerprint density at radius 3 is 2.57 bits per heavy atom. The molecule has 0 atom stereocenters. The molecule has 2 aliphatic heterocycles. The maximum absolute atomic E-state index is 13.7. The minimum absolute atomic E-state index is 0.192. The SMILES string of the molecule is Cc1ccc(CN2C(=O)C(=Cc3c(N4CCc5ccccc5C4)nc4ccccn4c3=O)SC2=S)cc1. The molecule has 8 heteroatoms. The molecule has 2 aromatic carbocycles. The zero-order valence-electron chi connectivity index (χ0n) is 20.3. The Balaban J connectivity index is 1.40. The molecule has 2 aliphatic rings. The highest BCUT2D eigenvalue weighted by molar-refractivity contribution is 8.26. The number of rotatable bonds is 4. The maximum atomic E-state index is 13.7. The molecule has 0 radical (unpaired) electrons. The van der Waals surface area contributed by atoms with Crippen molar-refractivity contribution in [2.75, 3.05) is 11.4 Å². The molecule has 37 heavy (non-hydrogen) atoms. The van der Waals surface area contributed by atoms with Crippen molar-refractivity contribution in [1.29, 1.82) is 0 Å². The number of anilines is 1. The Hall–Kier alpha value is -3.75. The van der Waals surface area contributed by atoms with E-state index in [1.54, 1.807) is 23.2 Å². The van der Waals surface area contributed by atoms with Gasteiger partial charge in [0.15, 0.2) is 0 Å². The van der Waals surface area contributed by atoms with Gasteiger partial charge < -0.3 is 4.90 Å². The van der Waals surface area contributed by atoms with Crippen LogP contribution >= 0.6 is 24.0 Å². The number of aromatic nitrogens is 2. The molecule has 184 valence electrons. The van der Waals surface area contributed by atoms with Crippen molar-refractivity contribution in [3.05, 3.63) is 116 Å². The fraction of sp³-hybridized carbons (Fsp3) is 0.172. The smallest absolute Gasteiger partial charge is 0.267 e. The molecule has 6 nitrogen and oxygen atoms in total. The molecule has 0 unspecified atom stereocenters. The first-order valence-electron chi connectivity index (χ1n) is 12.1. The lowest BCUT2D eigenvalue weighted by Crippen LogP contribution is -2.34. The summed E-state index contributed by atoms with van der Waals surface area (Å²) in [7, 11) is 0. The highest BCUT2D eigenvalue weighted by atomic mass is 32.2. The van der Waals surface area contributed by atoms with E-state index in [9.17, 15) is 9.59 Å². The summed E-state index contributed by atoms with van der Waals surface area (Å²) in [6, 6.07) is 21.9. The van der Waals surface area contributed by atoms with Gasteiger partial charge in [-0.2, -0.15) is 0 Å². The Morgan fingerprint density at radius 2 is 1.76 bits per heavy atom. The number of amides is 1. The van der Waals surface area contributed by atoms with Crippen molar-refractivity contribution in [3.8, 4) is 0 Å². The van der Waals surface area contributed by atoms with E-state index in [2.05, 4.69) is 23.1 Å². The van der Waals surface area contributed by atoms with Crippen LogP contribution in [0.1, 0.15) is 27.8 Å². The number of carbonyl (C=O) groups excluding carboxylic acids is 1. The van der Waals surface area contributed by atoms with Crippen molar-refractivity contribution >= 4 is 51.7 Å². The van der Waals surface area contributed by atoms with Crippen LogP contribution < -0.4 is 10.5 Å². The number of fused-ring (bicyclic) bond motifs is 2. The topological polar surface area (TPSA) is 57.9 Å². The molecule has 0 saturated carbocycles. The first-order chi connectivity index (χ1) is 18.0. The zero-order chi connectivity index (χ0) is 25.5. The van der Waals surface area contributed by atoms with Crippen molar-refractivity contribution in [2.24, 2.45) is 0 Å². The molecular weight excluding hydrogens is 500 g/mol. The third kappa shape index (κ3) is 4.47. The van der Waals surface area contributed by atoms with Crippen LogP contribution in [-0.2, 0) is 24.3 Å². The number of hydrogen-bond donors (Lipinski definition) is 0. The minimum Gasteiger partial charge on any atom is -0.351 e. The molecule has 4 heterocycles. The Labute approximate surface area is 224 Å². The summed E-state index contributed by atoms with van der Waals surface area (Å²) >= 11 is 6.80. The predicted octanol–water partition coefficient (Wildman–Crippen LogP) is 4.97. The largest absolute Gasteiger partial charge is 0.351 e. The van der Waals surface area contributed by atoms with Gasteiger partial charge in [0.05, 0.1) is 17.0 Å². The predicted molar refractivity (Wildman–Crippen MR) is 153 cm³/mol. The average Bonchev–Trinajstić information content (AvgIpc) is 3.18. The summed E-state index contributed by atoms with van der Waals surface area (Å²) in [4.78, 5) is 36.2. The molecule has 4 aromatic rings. The summed E-state index contributed by atoms with van der Waals surface area (Å²) in [5, 5.41) is 0. The monoisotopic (exact) mass is 524 g/mol. The van der Waals surface area contributed by atoms with Crippen molar-refractivity contribution < 1.29 is 4.79 Å². The van der Waals surface area contributed by atoms with Crippen LogP contribution in [0.15, 0.2) is 82.6 Å². The molecule has 1 amide bonds. The Kier molecular flexibility index (Phi) is 6.14. The van der Waals surface area contributed by atoms with Gasteiger partial charge in [0.1, 0.15) is 15.8 Å². The molecule has 0 spiro atoms. The van der Waals surface area contributed by atoms with Crippen LogP contribution in [0, 0.1) is 6.92 Å². The Morgan fingerprint density at radius 1 is 1.00 bits per heavy atom. The van der Waals surface area contributed by atoms with Gasteiger partial charge in [0.25, 0.3) is 11.5 Å². The van der Waals surface area contributed by atoms with Gasteiger partial charge in [-0.25, -0.2) is 4.98 Å². The van der Waals surface area contributed by atoms with Crippen molar-refractivity contribution in [1.82, 2.24) is 14.3 Å².